The van der Waals surface area contributed by atoms with Gasteiger partial charge in [0.15, 0.2) is 16.7 Å². The lowest BCUT2D eigenvalue weighted by Gasteiger charge is -2.31. The first-order chi connectivity index (χ1) is 19.6. The van der Waals surface area contributed by atoms with Crippen LogP contribution in [0.1, 0.15) is 80.9 Å². The molecule has 1 saturated heterocycles. The van der Waals surface area contributed by atoms with Crippen molar-refractivity contribution in [3.63, 3.8) is 0 Å². The van der Waals surface area contributed by atoms with Gasteiger partial charge in [-0.15, -0.1) is 6.58 Å². The first kappa shape index (κ1) is 29.0. The number of thioether (sulfide) groups is 1. The number of benzene rings is 2. The summed E-state index contributed by atoms with van der Waals surface area (Å²) in [5.74, 6) is 1.45. The van der Waals surface area contributed by atoms with Crippen molar-refractivity contribution in [3.8, 4) is 11.5 Å². The van der Waals surface area contributed by atoms with Gasteiger partial charge in [-0.05, 0) is 85.3 Å². The van der Waals surface area contributed by atoms with Crippen LogP contribution in [0.4, 0.5) is 0 Å². The maximum atomic E-state index is 13.9. The number of halogens is 1. The zero-order chi connectivity index (χ0) is 27.9. The van der Waals surface area contributed by atoms with E-state index in [9.17, 15) is 4.79 Å². The average molecular weight is 624 g/mol. The van der Waals surface area contributed by atoms with E-state index < -0.39 is 0 Å². The summed E-state index contributed by atoms with van der Waals surface area (Å²) in [6.07, 6.45) is 16.2. The molecular formula is C33H39BrN2O3S. The Morgan fingerprint density at radius 3 is 2.42 bits per heavy atom. The number of ether oxygens (including phenoxy) is 2. The maximum Gasteiger partial charge on any atom is 0.266 e. The van der Waals surface area contributed by atoms with E-state index in [1.54, 1.807) is 18.9 Å². The van der Waals surface area contributed by atoms with Gasteiger partial charge >= 0.3 is 0 Å². The Morgan fingerprint density at radius 1 is 1.05 bits per heavy atom. The topological polar surface area (TPSA) is 51.1 Å². The van der Waals surface area contributed by atoms with E-state index in [-0.39, 0.29) is 11.9 Å². The number of rotatable bonds is 9. The quantitative estimate of drug-likeness (QED) is 0.207. The molecule has 5 rings (SSSR count). The normalized spacial score (nSPS) is 20.9. The Balaban J connectivity index is 1.44. The Kier molecular flexibility index (Phi) is 10.1. The summed E-state index contributed by atoms with van der Waals surface area (Å²) in [7, 11) is 1.66. The largest absolute Gasteiger partial charge is 0.493 e. The molecule has 0 spiro atoms. The number of hydrogen-bond donors (Lipinski definition) is 0. The Hall–Kier alpha value is -2.51. The summed E-state index contributed by atoms with van der Waals surface area (Å²) in [4.78, 5) is 21.8. The van der Waals surface area contributed by atoms with E-state index >= 15 is 0 Å². The van der Waals surface area contributed by atoms with Crippen molar-refractivity contribution in [1.82, 2.24) is 4.90 Å². The smallest absolute Gasteiger partial charge is 0.266 e. The van der Waals surface area contributed by atoms with Gasteiger partial charge in [-0.3, -0.25) is 14.7 Å². The van der Waals surface area contributed by atoms with E-state index in [0.717, 1.165) is 56.9 Å². The van der Waals surface area contributed by atoms with Crippen LogP contribution in [0.2, 0.25) is 0 Å². The molecule has 40 heavy (non-hydrogen) atoms. The summed E-state index contributed by atoms with van der Waals surface area (Å²) < 4.78 is 13.1. The lowest BCUT2D eigenvalue weighted by Crippen LogP contribution is -2.41. The number of amides is 1. The molecule has 0 radical (unpaired) electrons. The van der Waals surface area contributed by atoms with Crippen molar-refractivity contribution >= 4 is 44.8 Å². The van der Waals surface area contributed by atoms with E-state index in [1.807, 2.05) is 47.4 Å². The van der Waals surface area contributed by atoms with Crippen molar-refractivity contribution in [2.75, 3.05) is 7.11 Å². The van der Waals surface area contributed by atoms with Crippen molar-refractivity contribution in [3.05, 3.63) is 75.1 Å². The third-order valence-electron chi connectivity index (χ3n) is 7.98. The third-order valence-corrected chi connectivity index (χ3v) is 9.50. The molecule has 0 unspecified atom stereocenters. The zero-order valence-electron chi connectivity index (χ0n) is 23.4. The highest BCUT2D eigenvalue weighted by Crippen LogP contribution is 2.40. The first-order valence-electron chi connectivity index (χ1n) is 14.6. The van der Waals surface area contributed by atoms with Crippen LogP contribution in [0.3, 0.4) is 0 Å². The van der Waals surface area contributed by atoms with Crippen LogP contribution in [-0.4, -0.2) is 35.2 Å². The SMILES string of the molecule is C=CCc1cc(C=C2SC(=NC3CCCCC3)N(C3CCCCC3)C2=O)cc(OC)c1OCc1ccc(Br)cc1. The lowest BCUT2D eigenvalue weighted by molar-refractivity contribution is -0.124. The van der Waals surface area contributed by atoms with Gasteiger partial charge in [0, 0.05) is 16.1 Å². The monoisotopic (exact) mass is 622 g/mol. The van der Waals surface area contributed by atoms with Crippen molar-refractivity contribution in [2.45, 2.75) is 89.3 Å². The number of allylic oxidation sites excluding steroid dienone is 1. The fourth-order valence-electron chi connectivity index (χ4n) is 5.88. The van der Waals surface area contributed by atoms with Crippen LogP contribution in [0, 0.1) is 0 Å². The number of nitrogens with zero attached hydrogens (tertiary/aromatic N) is 2. The fourth-order valence-corrected chi connectivity index (χ4v) is 7.25. The van der Waals surface area contributed by atoms with Crippen LogP contribution in [0.5, 0.6) is 11.5 Å². The molecule has 7 heteroatoms. The molecule has 0 aromatic heterocycles. The molecule has 2 saturated carbocycles. The second-order valence-electron chi connectivity index (χ2n) is 10.9. The van der Waals surface area contributed by atoms with Crippen LogP contribution in [-0.2, 0) is 17.8 Å². The molecule has 212 valence electrons. The minimum Gasteiger partial charge on any atom is -0.493 e. The highest BCUT2D eigenvalue weighted by Gasteiger charge is 2.39. The first-order valence-corrected chi connectivity index (χ1v) is 16.2. The molecular weight excluding hydrogens is 584 g/mol. The number of hydrogen-bond acceptors (Lipinski definition) is 5. The zero-order valence-corrected chi connectivity index (χ0v) is 25.8. The number of amidine groups is 1. The van der Waals surface area contributed by atoms with Crippen LogP contribution in [0.15, 0.2) is 63.4 Å². The predicted molar refractivity (Wildman–Crippen MR) is 169 cm³/mol. The molecule has 1 heterocycles. The Bertz CT molecular complexity index is 1260. The van der Waals surface area contributed by atoms with Gasteiger partial charge in [-0.2, -0.15) is 0 Å². The summed E-state index contributed by atoms with van der Waals surface area (Å²) in [5.41, 5.74) is 2.97. The van der Waals surface area contributed by atoms with E-state index in [2.05, 4.69) is 28.6 Å². The standard InChI is InChI=1S/C33H39BrN2O3S/c1-3-10-25-19-24(20-29(38-2)31(25)39-22-23-15-17-26(34)18-16-23)21-30-32(37)36(28-13-8-5-9-14-28)33(40-30)35-27-11-6-4-7-12-27/h3,15-21,27-28H,1,4-14,22H2,2H3. The van der Waals surface area contributed by atoms with Crippen molar-refractivity contribution in [1.29, 1.82) is 0 Å². The predicted octanol–water partition coefficient (Wildman–Crippen LogP) is 8.70. The molecule has 2 aromatic carbocycles. The molecule has 2 aromatic rings. The molecule has 5 nitrogen and oxygen atoms in total. The molecule has 0 atom stereocenters. The summed E-state index contributed by atoms with van der Waals surface area (Å²) in [6.45, 7) is 4.39. The average Bonchev–Trinajstić information content (AvgIpc) is 3.28. The Morgan fingerprint density at radius 2 is 1.75 bits per heavy atom. The third kappa shape index (κ3) is 7.03. The summed E-state index contributed by atoms with van der Waals surface area (Å²) in [6, 6.07) is 12.7. The maximum absolute atomic E-state index is 13.9. The molecule has 0 bridgehead atoms. The van der Waals surface area contributed by atoms with Gasteiger partial charge < -0.3 is 9.47 Å². The highest BCUT2D eigenvalue weighted by atomic mass is 79.9. The lowest BCUT2D eigenvalue weighted by atomic mass is 9.94. The van der Waals surface area contributed by atoms with Gasteiger partial charge in [0.05, 0.1) is 18.1 Å². The van der Waals surface area contributed by atoms with Crippen molar-refractivity contribution < 1.29 is 14.3 Å². The second kappa shape index (κ2) is 13.9. The van der Waals surface area contributed by atoms with Gasteiger partial charge in [0.25, 0.3) is 5.91 Å². The molecule has 3 aliphatic rings. The minimum absolute atomic E-state index is 0.0891. The summed E-state index contributed by atoms with van der Waals surface area (Å²) >= 11 is 5.03. The van der Waals surface area contributed by atoms with Crippen LogP contribution >= 0.6 is 27.7 Å². The van der Waals surface area contributed by atoms with E-state index in [1.165, 1.54) is 38.5 Å². The minimum atomic E-state index is 0.0891. The van der Waals surface area contributed by atoms with Crippen LogP contribution < -0.4 is 9.47 Å². The van der Waals surface area contributed by atoms with E-state index in [0.29, 0.717) is 30.6 Å². The number of carbonyl (C=O) groups is 1. The van der Waals surface area contributed by atoms with Gasteiger partial charge in [-0.25, -0.2) is 0 Å². The number of methoxy groups -OCH3 is 1. The summed E-state index contributed by atoms with van der Waals surface area (Å²) in [5, 5.41) is 0.905. The number of carbonyl (C=O) groups excluding carboxylic acids is 1. The highest BCUT2D eigenvalue weighted by molar-refractivity contribution is 9.10. The van der Waals surface area contributed by atoms with Gasteiger partial charge in [-0.1, -0.05) is 72.7 Å². The number of aliphatic imine (C=N–C) groups is 1. The molecule has 3 fully saturated rings. The Labute approximate surface area is 251 Å². The molecule has 0 N–H and O–H groups in total. The van der Waals surface area contributed by atoms with Gasteiger partial charge in [0.1, 0.15) is 6.61 Å². The molecule has 1 amide bonds. The molecule has 2 aliphatic carbocycles. The van der Waals surface area contributed by atoms with E-state index in [4.69, 9.17) is 14.5 Å². The van der Waals surface area contributed by atoms with Crippen molar-refractivity contribution in [2.24, 2.45) is 4.99 Å². The second-order valence-corrected chi connectivity index (χ2v) is 12.8. The molecule has 1 aliphatic heterocycles. The fraction of sp³-hybridized carbons (Fsp3) is 0.455. The van der Waals surface area contributed by atoms with Crippen LogP contribution in [0.25, 0.3) is 6.08 Å². The van der Waals surface area contributed by atoms with Gasteiger partial charge in [0.2, 0.25) is 0 Å².